The topological polar surface area (TPSA) is 57.5 Å². The fraction of sp³-hybridized carbons (Fsp3) is 0.474. The summed E-state index contributed by atoms with van der Waals surface area (Å²) in [7, 11) is 0. The Labute approximate surface area is 142 Å². The quantitative estimate of drug-likeness (QED) is 0.760. The van der Waals surface area contributed by atoms with Gasteiger partial charge in [-0.25, -0.2) is 4.79 Å². The zero-order valence-electron chi connectivity index (χ0n) is 14.9. The fourth-order valence-corrected chi connectivity index (χ4v) is 2.37. The number of nitrogens with zero attached hydrogens (tertiary/aromatic N) is 1. The maximum absolute atomic E-state index is 12.7. The van der Waals surface area contributed by atoms with E-state index < -0.39 is 12.0 Å². The van der Waals surface area contributed by atoms with Crippen molar-refractivity contribution in [2.75, 3.05) is 6.61 Å². The lowest BCUT2D eigenvalue weighted by Gasteiger charge is -2.16. The van der Waals surface area contributed by atoms with Gasteiger partial charge in [0.15, 0.2) is 0 Å². The number of ether oxygens (including phenoxy) is 2. The third-order valence-corrected chi connectivity index (χ3v) is 3.59. The predicted octanol–water partition coefficient (Wildman–Crippen LogP) is 3.55. The summed E-state index contributed by atoms with van der Waals surface area (Å²) < 4.78 is 12.3. The molecule has 0 bridgehead atoms. The smallest absolute Gasteiger partial charge is 0.328 e. The van der Waals surface area contributed by atoms with E-state index in [2.05, 4.69) is 0 Å². The van der Waals surface area contributed by atoms with E-state index >= 15 is 0 Å². The summed E-state index contributed by atoms with van der Waals surface area (Å²) in [5.41, 5.74) is -0.211. The SMILES string of the molecule is CC(C)COC(=O)C(C)n1ccc2cc(OC(C)C)ccc2c1=O. The standard InChI is InChI=1S/C19H25NO4/c1-12(2)11-23-19(22)14(5)20-9-8-15-10-16(24-13(3)4)6-7-17(15)18(20)21/h6-10,12-14H,11H2,1-5H3. The Kier molecular flexibility index (Phi) is 5.65. The van der Waals surface area contributed by atoms with Crippen LogP contribution in [0.5, 0.6) is 5.75 Å². The summed E-state index contributed by atoms with van der Waals surface area (Å²) in [5.74, 6) is 0.581. The van der Waals surface area contributed by atoms with Gasteiger partial charge in [0.25, 0.3) is 5.56 Å². The van der Waals surface area contributed by atoms with Gasteiger partial charge in [0.1, 0.15) is 11.8 Å². The van der Waals surface area contributed by atoms with Crippen LogP contribution in [0.2, 0.25) is 0 Å². The van der Waals surface area contributed by atoms with E-state index in [1.54, 1.807) is 25.3 Å². The molecular weight excluding hydrogens is 306 g/mol. The molecule has 0 aliphatic rings. The van der Waals surface area contributed by atoms with Crippen molar-refractivity contribution in [2.24, 2.45) is 5.92 Å². The molecule has 1 aromatic carbocycles. The molecule has 2 rings (SSSR count). The molecule has 24 heavy (non-hydrogen) atoms. The van der Waals surface area contributed by atoms with Crippen LogP contribution in [0.15, 0.2) is 35.3 Å². The number of benzene rings is 1. The number of aromatic nitrogens is 1. The second kappa shape index (κ2) is 7.51. The summed E-state index contributed by atoms with van der Waals surface area (Å²) in [5, 5.41) is 1.34. The van der Waals surface area contributed by atoms with Crippen LogP contribution in [-0.4, -0.2) is 23.2 Å². The second-order valence-corrected chi connectivity index (χ2v) is 6.64. The van der Waals surface area contributed by atoms with Gasteiger partial charge in [0, 0.05) is 11.6 Å². The minimum absolute atomic E-state index is 0.0681. The zero-order valence-corrected chi connectivity index (χ0v) is 14.9. The number of carbonyl (C=O) groups is 1. The van der Waals surface area contributed by atoms with Crippen molar-refractivity contribution >= 4 is 16.7 Å². The average Bonchev–Trinajstić information content (AvgIpc) is 2.51. The lowest BCUT2D eigenvalue weighted by Crippen LogP contribution is -2.29. The van der Waals surface area contributed by atoms with Crippen molar-refractivity contribution in [3.63, 3.8) is 0 Å². The molecule has 0 saturated heterocycles. The summed E-state index contributed by atoms with van der Waals surface area (Å²) in [6.45, 7) is 9.86. The van der Waals surface area contributed by atoms with Crippen molar-refractivity contribution in [3.8, 4) is 5.75 Å². The molecule has 0 N–H and O–H groups in total. The Hall–Kier alpha value is -2.30. The highest BCUT2D eigenvalue weighted by atomic mass is 16.5. The third-order valence-electron chi connectivity index (χ3n) is 3.59. The number of hydrogen-bond acceptors (Lipinski definition) is 4. The number of pyridine rings is 1. The van der Waals surface area contributed by atoms with E-state index in [-0.39, 0.29) is 17.6 Å². The first kappa shape index (κ1) is 18.0. The molecule has 0 saturated carbocycles. The molecule has 0 spiro atoms. The summed E-state index contributed by atoms with van der Waals surface area (Å²) in [6, 6.07) is 6.50. The van der Waals surface area contributed by atoms with E-state index in [1.165, 1.54) is 4.57 Å². The van der Waals surface area contributed by atoms with E-state index in [1.807, 2.05) is 39.8 Å². The normalized spacial score (nSPS) is 12.6. The minimum atomic E-state index is -0.660. The fourth-order valence-electron chi connectivity index (χ4n) is 2.37. The van der Waals surface area contributed by atoms with E-state index in [4.69, 9.17) is 9.47 Å². The molecule has 0 radical (unpaired) electrons. The molecule has 5 heteroatoms. The second-order valence-electron chi connectivity index (χ2n) is 6.64. The molecule has 1 heterocycles. The first-order valence-corrected chi connectivity index (χ1v) is 8.27. The van der Waals surface area contributed by atoms with Crippen molar-refractivity contribution in [1.82, 2.24) is 4.57 Å². The lowest BCUT2D eigenvalue weighted by molar-refractivity contribution is -0.148. The van der Waals surface area contributed by atoms with Crippen LogP contribution in [-0.2, 0) is 9.53 Å². The maximum atomic E-state index is 12.7. The number of carbonyl (C=O) groups excluding carboxylic acids is 1. The Morgan fingerprint density at radius 3 is 2.46 bits per heavy atom. The molecule has 0 amide bonds. The third kappa shape index (κ3) is 4.16. The van der Waals surface area contributed by atoms with Gasteiger partial charge in [-0.2, -0.15) is 0 Å². The molecule has 1 aromatic heterocycles. The zero-order chi connectivity index (χ0) is 17.9. The van der Waals surface area contributed by atoms with E-state index in [9.17, 15) is 9.59 Å². The van der Waals surface area contributed by atoms with Gasteiger partial charge >= 0.3 is 5.97 Å². The first-order chi connectivity index (χ1) is 11.3. The Morgan fingerprint density at radius 1 is 1.12 bits per heavy atom. The Bertz CT molecular complexity index is 777. The highest BCUT2D eigenvalue weighted by Crippen LogP contribution is 2.20. The molecule has 2 aromatic rings. The maximum Gasteiger partial charge on any atom is 0.328 e. The number of esters is 1. The van der Waals surface area contributed by atoms with Crippen LogP contribution in [0, 0.1) is 5.92 Å². The molecule has 1 unspecified atom stereocenters. The van der Waals surface area contributed by atoms with Crippen LogP contribution in [0.1, 0.15) is 40.7 Å². The predicted molar refractivity (Wildman–Crippen MR) is 94.5 cm³/mol. The molecule has 1 atom stereocenters. The Balaban J connectivity index is 2.31. The summed E-state index contributed by atoms with van der Waals surface area (Å²) >= 11 is 0. The number of fused-ring (bicyclic) bond motifs is 1. The van der Waals surface area contributed by atoms with Crippen LogP contribution >= 0.6 is 0 Å². The molecule has 0 fully saturated rings. The van der Waals surface area contributed by atoms with Crippen molar-refractivity contribution in [2.45, 2.75) is 46.8 Å². The van der Waals surface area contributed by atoms with Gasteiger partial charge < -0.3 is 14.0 Å². The van der Waals surface area contributed by atoms with Crippen LogP contribution in [0.3, 0.4) is 0 Å². The lowest BCUT2D eigenvalue weighted by atomic mass is 10.1. The van der Waals surface area contributed by atoms with Gasteiger partial charge in [0.2, 0.25) is 0 Å². The minimum Gasteiger partial charge on any atom is -0.491 e. The van der Waals surface area contributed by atoms with Gasteiger partial charge in [-0.05, 0) is 56.3 Å². The highest BCUT2D eigenvalue weighted by molar-refractivity contribution is 5.83. The number of hydrogen-bond donors (Lipinski definition) is 0. The van der Waals surface area contributed by atoms with E-state index in [0.29, 0.717) is 12.0 Å². The van der Waals surface area contributed by atoms with E-state index in [0.717, 1.165) is 11.1 Å². The molecule has 0 aliphatic carbocycles. The van der Waals surface area contributed by atoms with Crippen LogP contribution in [0.4, 0.5) is 0 Å². The number of rotatable bonds is 6. The Morgan fingerprint density at radius 2 is 1.83 bits per heavy atom. The summed E-state index contributed by atoms with van der Waals surface area (Å²) in [6.07, 6.45) is 1.70. The summed E-state index contributed by atoms with van der Waals surface area (Å²) in [4.78, 5) is 24.8. The average molecular weight is 331 g/mol. The molecule has 0 aliphatic heterocycles. The first-order valence-electron chi connectivity index (χ1n) is 8.27. The highest BCUT2D eigenvalue weighted by Gasteiger charge is 2.19. The molecule has 5 nitrogen and oxygen atoms in total. The van der Waals surface area contributed by atoms with Gasteiger partial charge in [-0.1, -0.05) is 13.8 Å². The van der Waals surface area contributed by atoms with Crippen molar-refractivity contribution in [3.05, 3.63) is 40.8 Å². The molecule has 130 valence electrons. The van der Waals surface area contributed by atoms with Gasteiger partial charge in [-0.3, -0.25) is 4.79 Å². The largest absolute Gasteiger partial charge is 0.491 e. The molecular formula is C19H25NO4. The van der Waals surface area contributed by atoms with Crippen molar-refractivity contribution < 1.29 is 14.3 Å². The van der Waals surface area contributed by atoms with Crippen LogP contribution < -0.4 is 10.3 Å². The van der Waals surface area contributed by atoms with Gasteiger partial charge in [-0.15, -0.1) is 0 Å². The monoisotopic (exact) mass is 331 g/mol. The van der Waals surface area contributed by atoms with Gasteiger partial charge in [0.05, 0.1) is 12.7 Å². The van der Waals surface area contributed by atoms with Crippen molar-refractivity contribution in [1.29, 1.82) is 0 Å². The van der Waals surface area contributed by atoms with Crippen LogP contribution in [0.25, 0.3) is 10.8 Å².